The molecule has 1 atom stereocenters. The zero-order chi connectivity index (χ0) is 15.3. The fourth-order valence-electron chi connectivity index (χ4n) is 2.04. The minimum atomic E-state index is -3.61. The van der Waals surface area contributed by atoms with E-state index in [1.165, 1.54) is 4.31 Å². The maximum absolute atomic E-state index is 12.7. The number of ether oxygens (including phenoxy) is 1. The second-order valence-electron chi connectivity index (χ2n) is 4.73. The van der Waals surface area contributed by atoms with Crippen LogP contribution in [0, 0.1) is 6.92 Å². The number of nitrogens with zero attached hydrogens (tertiary/aromatic N) is 1. The second-order valence-corrected chi connectivity index (χ2v) is 6.59. The van der Waals surface area contributed by atoms with Gasteiger partial charge in [-0.15, -0.1) is 0 Å². The molecule has 1 aromatic rings. The summed E-state index contributed by atoms with van der Waals surface area (Å²) in [6.07, 6.45) is 0.689. The maximum atomic E-state index is 12.7. The van der Waals surface area contributed by atoms with Gasteiger partial charge in [0.05, 0.1) is 18.6 Å². The van der Waals surface area contributed by atoms with E-state index < -0.39 is 10.0 Å². The molecule has 1 rings (SSSR count). The first-order valence-electron chi connectivity index (χ1n) is 6.65. The summed E-state index contributed by atoms with van der Waals surface area (Å²) < 4.78 is 31.9. The fraction of sp³-hybridized carbons (Fsp3) is 0.571. The molecule has 5 nitrogen and oxygen atoms in total. The van der Waals surface area contributed by atoms with E-state index in [1.54, 1.807) is 32.2 Å². The summed E-state index contributed by atoms with van der Waals surface area (Å²) in [6, 6.07) is 4.72. The van der Waals surface area contributed by atoms with E-state index in [1.807, 2.05) is 13.8 Å². The molecule has 1 N–H and O–H groups in total. The molecule has 0 heterocycles. The van der Waals surface area contributed by atoms with Crippen molar-refractivity contribution in [3.05, 3.63) is 23.8 Å². The monoisotopic (exact) mass is 301 g/mol. The first-order valence-corrected chi connectivity index (χ1v) is 8.09. The third-order valence-corrected chi connectivity index (χ3v) is 5.55. The topological polar surface area (TPSA) is 66.8 Å². The Hall–Kier alpha value is -1.11. The van der Waals surface area contributed by atoms with Gasteiger partial charge < -0.3 is 9.84 Å². The number of methoxy groups -OCH3 is 1. The number of hydrogen-bond acceptors (Lipinski definition) is 4. The van der Waals surface area contributed by atoms with Crippen LogP contribution >= 0.6 is 0 Å². The molecule has 0 bridgehead atoms. The van der Waals surface area contributed by atoms with Gasteiger partial charge in [0.2, 0.25) is 10.0 Å². The molecule has 0 aromatic heterocycles. The van der Waals surface area contributed by atoms with Crippen LogP contribution in [0.5, 0.6) is 5.75 Å². The molecule has 0 spiro atoms. The van der Waals surface area contributed by atoms with Crippen molar-refractivity contribution in [2.24, 2.45) is 0 Å². The van der Waals surface area contributed by atoms with E-state index in [4.69, 9.17) is 9.84 Å². The maximum Gasteiger partial charge on any atom is 0.243 e. The van der Waals surface area contributed by atoms with Gasteiger partial charge in [0.25, 0.3) is 0 Å². The Labute approximate surface area is 121 Å². The smallest absolute Gasteiger partial charge is 0.243 e. The molecule has 20 heavy (non-hydrogen) atoms. The molecule has 0 amide bonds. The third-order valence-electron chi connectivity index (χ3n) is 3.37. The van der Waals surface area contributed by atoms with Crippen LogP contribution < -0.4 is 4.74 Å². The molecule has 114 valence electrons. The van der Waals surface area contributed by atoms with Gasteiger partial charge in [0, 0.05) is 12.6 Å². The molecule has 0 saturated heterocycles. The van der Waals surface area contributed by atoms with Crippen LogP contribution in [-0.2, 0) is 10.0 Å². The van der Waals surface area contributed by atoms with Crippen molar-refractivity contribution < 1.29 is 18.3 Å². The summed E-state index contributed by atoms with van der Waals surface area (Å²) in [6.45, 7) is 5.40. The van der Waals surface area contributed by atoms with Gasteiger partial charge in [-0.1, -0.05) is 6.92 Å². The highest BCUT2D eigenvalue weighted by Crippen LogP contribution is 2.25. The highest BCUT2D eigenvalue weighted by atomic mass is 32.2. The number of aryl methyl sites for hydroxylation is 1. The lowest BCUT2D eigenvalue weighted by atomic mass is 10.2. The Bertz CT molecular complexity index is 542. The predicted molar refractivity (Wildman–Crippen MR) is 78.5 cm³/mol. The number of sulfonamides is 1. The first-order chi connectivity index (χ1) is 9.38. The van der Waals surface area contributed by atoms with Crippen molar-refractivity contribution in [3.8, 4) is 5.75 Å². The standard InChI is InChI=1S/C14H23NO4S/c1-5-12(3)15(8-9-16)20(17,18)14-7-6-13(19-4)10-11(14)2/h6-7,10,12,16H,5,8-9H2,1-4H3. The molecule has 0 saturated carbocycles. The van der Waals surface area contributed by atoms with Crippen LogP contribution in [0.25, 0.3) is 0 Å². The van der Waals surface area contributed by atoms with Crippen molar-refractivity contribution in [1.29, 1.82) is 0 Å². The van der Waals surface area contributed by atoms with E-state index in [-0.39, 0.29) is 24.1 Å². The van der Waals surface area contributed by atoms with Gasteiger partial charge in [-0.25, -0.2) is 8.42 Å². The van der Waals surface area contributed by atoms with Crippen molar-refractivity contribution in [2.45, 2.75) is 38.1 Å². The van der Waals surface area contributed by atoms with Gasteiger partial charge in [-0.3, -0.25) is 0 Å². The SMILES string of the molecule is CCC(C)N(CCO)S(=O)(=O)c1ccc(OC)cc1C. The normalized spacial score (nSPS) is 13.5. The van der Waals surface area contributed by atoms with Gasteiger partial charge in [-0.05, 0) is 44.0 Å². The summed E-state index contributed by atoms with van der Waals surface area (Å²) in [5.41, 5.74) is 0.635. The molecular weight excluding hydrogens is 278 g/mol. The van der Waals surface area contributed by atoms with Crippen molar-refractivity contribution >= 4 is 10.0 Å². The lowest BCUT2D eigenvalue weighted by molar-refractivity contribution is 0.229. The van der Waals surface area contributed by atoms with Crippen LogP contribution in [0.15, 0.2) is 23.1 Å². The predicted octanol–water partition coefficient (Wildman–Crippen LogP) is 1.79. The van der Waals surface area contributed by atoms with E-state index >= 15 is 0 Å². The highest BCUT2D eigenvalue weighted by molar-refractivity contribution is 7.89. The van der Waals surface area contributed by atoms with E-state index in [2.05, 4.69) is 0 Å². The minimum absolute atomic E-state index is 0.100. The molecule has 1 aromatic carbocycles. The zero-order valence-corrected chi connectivity index (χ0v) is 13.3. The van der Waals surface area contributed by atoms with Gasteiger partial charge in [-0.2, -0.15) is 4.31 Å². The largest absolute Gasteiger partial charge is 0.497 e. The Morgan fingerprint density at radius 2 is 2.05 bits per heavy atom. The number of aliphatic hydroxyl groups excluding tert-OH is 1. The van der Waals surface area contributed by atoms with Crippen LogP contribution in [-0.4, -0.2) is 44.1 Å². The average Bonchev–Trinajstić information content (AvgIpc) is 2.43. The Morgan fingerprint density at radius 3 is 2.50 bits per heavy atom. The van der Waals surface area contributed by atoms with Crippen molar-refractivity contribution in [3.63, 3.8) is 0 Å². The number of hydrogen-bond donors (Lipinski definition) is 1. The number of rotatable bonds is 7. The molecule has 1 unspecified atom stereocenters. The zero-order valence-electron chi connectivity index (χ0n) is 12.5. The van der Waals surface area contributed by atoms with Gasteiger partial charge in [0.15, 0.2) is 0 Å². The summed E-state index contributed by atoms with van der Waals surface area (Å²) in [5.74, 6) is 0.624. The first kappa shape index (κ1) is 16.9. The lowest BCUT2D eigenvalue weighted by Crippen LogP contribution is -2.40. The quantitative estimate of drug-likeness (QED) is 0.833. The molecule has 0 aliphatic rings. The minimum Gasteiger partial charge on any atom is -0.497 e. The highest BCUT2D eigenvalue weighted by Gasteiger charge is 2.29. The molecule has 6 heteroatoms. The van der Waals surface area contributed by atoms with Crippen molar-refractivity contribution in [1.82, 2.24) is 4.31 Å². The second kappa shape index (κ2) is 7.06. The Balaban J connectivity index is 3.26. The van der Waals surface area contributed by atoms with Crippen LogP contribution in [0.2, 0.25) is 0 Å². The van der Waals surface area contributed by atoms with Crippen LogP contribution in [0.3, 0.4) is 0 Å². The average molecular weight is 301 g/mol. The van der Waals surface area contributed by atoms with Crippen LogP contribution in [0.4, 0.5) is 0 Å². The van der Waals surface area contributed by atoms with Crippen molar-refractivity contribution in [2.75, 3.05) is 20.3 Å². The molecule has 0 aliphatic heterocycles. The number of benzene rings is 1. The summed E-state index contributed by atoms with van der Waals surface area (Å²) in [4.78, 5) is 0.257. The van der Waals surface area contributed by atoms with E-state index in [9.17, 15) is 8.42 Å². The van der Waals surface area contributed by atoms with Gasteiger partial charge in [0.1, 0.15) is 5.75 Å². The van der Waals surface area contributed by atoms with Gasteiger partial charge >= 0.3 is 0 Å². The summed E-state index contributed by atoms with van der Waals surface area (Å²) in [5, 5.41) is 9.12. The Kier molecular flexibility index (Phi) is 5.98. The summed E-state index contributed by atoms with van der Waals surface area (Å²) >= 11 is 0. The lowest BCUT2D eigenvalue weighted by Gasteiger charge is -2.27. The van der Waals surface area contributed by atoms with E-state index in [0.717, 1.165) is 0 Å². The Morgan fingerprint density at radius 1 is 1.40 bits per heavy atom. The molecule has 0 aliphatic carbocycles. The molecular formula is C14H23NO4S. The van der Waals surface area contributed by atoms with Crippen LogP contribution in [0.1, 0.15) is 25.8 Å². The number of aliphatic hydroxyl groups is 1. The molecule has 0 radical (unpaired) electrons. The third kappa shape index (κ3) is 3.50. The molecule has 0 fully saturated rings. The fourth-order valence-corrected chi connectivity index (χ4v) is 3.95. The van der Waals surface area contributed by atoms with E-state index in [0.29, 0.717) is 17.7 Å². The summed E-state index contributed by atoms with van der Waals surface area (Å²) in [7, 11) is -2.07.